The van der Waals surface area contributed by atoms with Gasteiger partial charge in [0.1, 0.15) is 5.00 Å². The zero-order chi connectivity index (χ0) is 26.9. The van der Waals surface area contributed by atoms with Crippen molar-refractivity contribution in [1.29, 1.82) is 0 Å². The molecular weight excluding hydrogens is 516 g/mol. The number of nitrogens with one attached hydrogen (secondary N) is 2. The summed E-state index contributed by atoms with van der Waals surface area (Å²) in [6.07, 6.45) is 9.45. The molecule has 38 heavy (non-hydrogen) atoms. The third kappa shape index (κ3) is 7.36. The van der Waals surface area contributed by atoms with Crippen LogP contribution in [-0.4, -0.2) is 30.1 Å². The lowest BCUT2D eigenvalue weighted by Crippen LogP contribution is -2.23. The minimum atomic E-state index is -0.422. The van der Waals surface area contributed by atoms with Gasteiger partial charge in [0, 0.05) is 21.5 Å². The van der Waals surface area contributed by atoms with Crippen LogP contribution in [0.1, 0.15) is 59.0 Å². The number of benzene rings is 2. The lowest BCUT2D eigenvalue weighted by molar-refractivity contribution is -0.115. The number of hydrogen-bond acceptors (Lipinski definition) is 6. The Kier molecular flexibility index (Phi) is 9.79. The van der Waals surface area contributed by atoms with E-state index in [1.165, 1.54) is 47.6 Å². The van der Waals surface area contributed by atoms with E-state index in [0.29, 0.717) is 16.3 Å². The Labute approximate surface area is 231 Å². The zero-order valence-electron chi connectivity index (χ0n) is 21.6. The van der Waals surface area contributed by atoms with Gasteiger partial charge in [-0.25, -0.2) is 4.79 Å². The predicted octanol–water partition coefficient (Wildman–Crippen LogP) is 6.96. The summed E-state index contributed by atoms with van der Waals surface area (Å²) < 4.78 is 5.07. The van der Waals surface area contributed by atoms with E-state index in [4.69, 9.17) is 4.74 Å². The highest BCUT2D eigenvalue weighted by Crippen LogP contribution is 2.38. The summed E-state index contributed by atoms with van der Waals surface area (Å²) in [4.78, 5) is 40.2. The van der Waals surface area contributed by atoms with Crippen molar-refractivity contribution in [3.63, 3.8) is 0 Å². The van der Waals surface area contributed by atoms with Crippen molar-refractivity contribution in [3.8, 4) is 0 Å². The van der Waals surface area contributed by atoms with Gasteiger partial charge in [-0.15, -0.1) is 23.1 Å². The largest absolute Gasteiger partial charge is 0.465 e. The first-order valence-corrected chi connectivity index (χ1v) is 14.5. The Morgan fingerprint density at radius 3 is 2.50 bits per heavy atom. The number of esters is 1. The molecule has 0 aliphatic heterocycles. The molecule has 1 aliphatic carbocycles. The molecule has 1 heterocycles. The number of thiophene rings is 1. The summed E-state index contributed by atoms with van der Waals surface area (Å²) in [6, 6.07) is 17.0. The second-order valence-electron chi connectivity index (χ2n) is 9.12. The minimum absolute atomic E-state index is 0.186. The third-order valence-electron chi connectivity index (χ3n) is 6.31. The van der Waals surface area contributed by atoms with E-state index in [1.54, 1.807) is 6.08 Å². The number of rotatable bonds is 8. The Bertz CT molecular complexity index is 1320. The average molecular weight is 549 g/mol. The van der Waals surface area contributed by atoms with Crippen LogP contribution >= 0.6 is 23.1 Å². The molecule has 4 rings (SSSR count). The zero-order valence-corrected chi connectivity index (χ0v) is 23.3. The summed E-state index contributed by atoms with van der Waals surface area (Å²) in [6.45, 7) is 1.83. The molecule has 1 aromatic heterocycles. The van der Waals surface area contributed by atoms with E-state index in [9.17, 15) is 14.4 Å². The summed E-state index contributed by atoms with van der Waals surface area (Å²) in [5.74, 6) is -0.816. The third-order valence-corrected chi connectivity index (χ3v) is 8.61. The second-order valence-corrected chi connectivity index (χ2v) is 11.6. The lowest BCUT2D eigenvalue weighted by Gasteiger charge is -2.13. The van der Waals surface area contributed by atoms with Crippen molar-refractivity contribution in [3.05, 3.63) is 82.2 Å². The predicted molar refractivity (Wildman–Crippen MR) is 156 cm³/mol. The van der Waals surface area contributed by atoms with Crippen molar-refractivity contribution in [2.24, 2.45) is 0 Å². The Morgan fingerprint density at radius 1 is 0.974 bits per heavy atom. The van der Waals surface area contributed by atoms with Crippen LogP contribution in [0.15, 0.2) is 65.6 Å². The number of thioether (sulfide) groups is 1. The van der Waals surface area contributed by atoms with Crippen LogP contribution in [0.3, 0.4) is 0 Å². The van der Waals surface area contributed by atoms with Crippen molar-refractivity contribution >= 4 is 57.6 Å². The number of ether oxygens (including phenoxy) is 1. The van der Waals surface area contributed by atoms with Crippen molar-refractivity contribution in [2.45, 2.75) is 55.6 Å². The standard InChI is InChI=1S/C30H32N2O4S2/c1-20(28(34)32-29-27(30(35)36-2)24-15-8-3-4-9-16-25(24)38-29)37-23-14-10-13-22(19-23)31-26(33)18-17-21-11-6-5-7-12-21/h5-7,10-14,17-20H,3-4,8-9,15-16H2,1-2H3,(H,31,33)(H,32,34)/b18-17+. The summed E-state index contributed by atoms with van der Waals surface area (Å²) >= 11 is 2.89. The van der Waals surface area contributed by atoms with E-state index < -0.39 is 11.2 Å². The molecule has 0 saturated carbocycles. The van der Waals surface area contributed by atoms with E-state index in [2.05, 4.69) is 10.6 Å². The van der Waals surface area contributed by atoms with Crippen LogP contribution in [0, 0.1) is 0 Å². The molecule has 1 atom stereocenters. The molecule has 2 amide bonds. The maximum absolute atomic E-state index is 13.2. The Morgan fingerprint density at radius 2 is 1.74 bits per heavy atom. The van der Waals surface area contributed by atoms with Crippen LogP contribution in [0.2, 0.25) is 0 Å². The second kappa shape index (κ2) is 13.4. The van der Waals surface area contributed by atoms with Gasteiger partial charge in [-0.3, -0.25) is 9.59 Å². The molecule has 3 aromatic rings. The van der Waals surface area contributed by atoms with Gasteiger partial charge in [0.05, 0.1) is 17.9 Å². The highest BCUT2D eigenvalue weighted by atomic mass is 32.2. The fourth-order valence-corrected chi connectivity index (χ4v) is 6.57. The van der Waals surface area contributed by atoms with E-state index in [-0.39, 0.29) is 11.8 Å². The van der Waals surface area contributed by atoms with Crippen LogP contribution in [0.4, 0.5) is 10.7 Å². The Hall–Kier alpha value is -3.36. The van der Waals surface area contributed by atoms with Gasteiger partial charge < -0.3 is 15.4 Å². The number of anilines is 2. The molecule has 0 spiro atoms. The van der Waals surface area contributed by atoms with Gasteiger partial charge in [0.2, 0.25) is 11.8 Å². The first-order valence-electron chi connectivity index (χ1n) is 12.8. The topological polar surface area (TPSA) is 84.5 Å². The van der Waals surface area contributed by atoms with Gasteiger partial charge in [0.15, 0.2) is 0 Å². The molecule has 1 unspecified atom stereocenters. The SMILES string of the molecule is COC(=O)c1c(NC(=O)C(C)Sc2cccc(NC(=O)/C=C/c3ccccc3)c2)sc2c1CCCCCC2. The summed E-state index contributed by atoms with van der Waals surface area (Å²) in [5.41, 5.74) is 3.13. The van der Waals surface area contributed by atoms with Gasteiger partial charge in [-0.1, -0.05) is 49.2 Å². The fourth-order valence-electron chi connectivity index (χ4n) is 4.36. The molecule has 0 bridgehead atoms. The molecule has 198 valence electrons. The number of hydrogen-bond donors (Lipinski definition) is 2. The van der Waals surface area contributed by atoms with E-state index in [1.807, 2.05) is 61.5 Å². The molecule has 2 aromatic carbocycles. The maximum Gasteiger partial charge on any atom is 0.341 e. The molecule has 0 radical (unpaired) electrons. The van der Waals surface area contributed by atoms with Crippen LogP contribution in [-0.2, 0) is 27.2 Å². The van der Waals surface area contributed by atoms with Crippen LogP contribution in [0.5, 0.6) is 0 Å². The number of amides is 2. The summed E-state index contributed by atoms with van der Waals surface area (Å²) in [7, 11) is 1.38. The molecule has 8 heteroatoms. The van der Waals surface area contributed by atoms with E-state index >= 15 is 0 Å². The van der Waals surface area contributed by atoms with Crippen molar-refractivity contribution in [1.82, 2.24) is 0 Å². The molecular formula is C30H32N2O4S2. The quantitative estimate of drug-likeness (QED) is 0.181. The van der Waals surface area contributed by atoms with Gasteiger partial charge in [-0.2, -0.15) is 0 Å². The van der Waals surface area contributed by atoms with Crippen molar-refractivity contribution < 1.29 is 19.1 Å². The monoisotopic (exact) mass is 548 g/mol. The lowest BCUT2D eigenvalue weighted by atomic mass is 9.96. The normalized spacial score (nSPS) is 14.2. The molecule has 6 nitrogen and oxygen atoms in total. The minimum Gasteiger partial charge on any atom is -0.465 e. The molecule has 0 saturated heterocycles. The average Bonchev–Trinajstić information content (AvgIpc) is 3.23. The van der Waals surface area contributed by atoms with Gasteiger partial charge >= 0.3 is 5.97 Å². The Balaban J connectivity index is 1.41. The summed E-state index contributed by atoms with van der Waals surface area (Å²) in [5, 5.41) is 6.03. The van der Waals surface area contributed by atoms with Gasteiger partial charge in [0.25, 0.3) is 0 Å². The molecule has 1 aliphatic rings. The first kappa shape index (κ1) is 27.7. The van der Waals surface area contributed by atoms with Crippen molar-refractivity contribution in [2.75, 3.05) is 17.7 Å². The number of carbonyl (C=O) groups is 3. The first-order chi connectivity index (χ1) is 18.4. The van der Waals surface area contributed by atoms with Crippen LogP contribution in [0.25, 0.3) is 6.08 Å². The maximum atomic E-state index is 13.2. The highest BCUT2D eigenvalue weighted by molar-refractivity contribution is 8.00. The smallest absolute Gasteiger partial charge is 0.341 e. The number of methoxy groups -OCH3 is 1. The van der Waals surface area contributed by atoms with Gasteiger partial charge in [-0.05, 0) is 68.0 Å². The number of aryl methyl sites for hydroxylation is 1. The fraction of sp³-hybridized carbons (Fsp3) is 0.300. The number of carbonyl (C=O) groups excluding carboxylic acids is 3. The highest BCUT2D eigenvalue weighted by Gasteiger charge is 2.27. The van der Waals surface area contributed by atoms with Crippen LogP contribution < -0.4 is 10.6 Å². The van der Waals surface area contributed by atoms with E-state index in [0.717, 1.165) is 48.1 Å². The number of fused-ring (bicyclic) bond motifs is 1. The molecule has 0 fully saturated rings. The molecule has 2 N–H and O–H groups in total.